The SMILES string of the molecule is CCN(CC)CCNCCCOc1nnc2c(n1)c(=O)n(C)c(=O)n2C1CCCC1. The minimum Gasteiger partial charge on any atom is -0.462 e. The van der Waals surface area contributed by atoms with E-state index in [1.165, 1.54) is 7.05 Å². The minimum absolute atomic E-state index is 0.0390. The van der Waals surface area contributed by atoms with Gasteiger partial charge in [-0.3, -0.25) is 13.9 Å². The molecule has 10 heteroatoms. The third kappa shape index (κ3) is 5.04. The van der Waals surface area contributed by atoms with Gasteiger partial charge in [-0.2, -0.15) is 4.98 Å². The van der Waals surface area contributed by atoms with Crippen LogP contribution in [0.1, 0.15) is 52.0 Å². The lowest BCUT2D eigenvalue weighted by molar-refractivity contribution is 0.275. The maximum Gasteiger partial charge on any atom is 0.336 e. The number of hydrogen-bond donors (Lipinski definition) is 1. The molecule has 1 fully saturated rings. The van der Waals surface area contributed by atoms with Gasteiger partial charge >= 0.3 is 11.7 Å². The lowest BCUT2D eigenvalue weighted by Crippen LogP contribution is -2.40. The molecule has 30 heavy (non-hydrogen) atoms. The zero-order valence-corrected chi connectivity index (χ0v) is 18.3. The summed E-state index contributed by atoms with van der Waals surface area (Å²) in [5.74, 6) is 0. The molecule has 1 aliphatic rings. The molecule has 0 radical (unpaired) electrons. The van der Waals surface area contributed by atoms with E-state index in [4.69, 9.17) is 4.74 Å². The molecule has 1 saturated carbocycles. The fraction of sp³-hybridized carbons (Fsp3) is 0.750. The first-order chi connectivity index (χ1) is 14.6. The van der Waals surface area contributed by atoms with E-state index < -0.39 is 5.56 Å². The van der Waals surface area contributed by atoms with Gasteiger partial charge in [-0.1, -0.05) is 31.8 Å². The van der Waals surface area contributed by atoms with Gasteiger partial charge < -0.3 is 15.0 Å². The highest BCUT2D eigenvalue weighted by Gasteiger charge is 2.24. The van der Waals surface area contributed by atoms with Gasteiger partial charge in [0, 0.05) is 26.2 Å². The average molecular weight is 420 g/mol. The summed E-state index contributed by atoms with van der Waals surface area (Å²) in [6.07, 6.45) is 4.71. The van der Waals surface area contributed by atoms with Crippen LogP contribution in [0.3, 0.4) is 0 Å². The van der Waals surface area contributed by atoms with Crippen LogP contribution in [0.2, 0.25) is 0 Å². The number of rotatable bonds is 11. The zero-order chi connectivity index (χ0) is 21.5. The molecule has 1 N–H and O–H groups in total. The Morgan fingerprint density at radius 2 is 1.87 bits per heavy atom. The predicted octanol–water partition coefficient (Wildman–Crippen LogP) is 0.701. The number of likely N-dealkylation sites (N-methyl/N-ethyl adjacent to an activating group) is 1. The highest BCUT2D eigenvalue weighted by molar-refractivity contribution is 5.68. The van der Waals surface area contributed by atoms with E-state index in [0.29, 0.717) is 6.61 Å². The molecule has 0 unspecified atom stereocenters. The fourth-order valence-electron chi connectivity index (χ4n) is 3.92. The molecule has 0 aliphatic heterocycles. The largest absolute Gasteiger partial charge is 0.462 e. The highest BCUT2D eigenvalue weighted by Crippen LogP contribution is 2.29. The van der Waals surface area contributed by atoms with Crippen molar-refractivity contribution in [3.63, 3.8) is 0 Å². The maximum atomic E-state index is 12.6. The molecular formula is C20H33N7O3. The van der Waals surface area contributed by atoms with E-state index in [0.717, 1.165) is 69.4 Å². The first kappa shape index (κ1) is 22.4. The summed E-state index contributed by atoms with van der Waals surface area (Å²) in [6, 6.07) is 0.108. The second kappa shape index (κ2) is 10.6. The van der Waals surface area contributed by atoms with Gasteiger partial charge in [-0.25, -0.2) is 4.79 Å². The van der Waals surface area contributed by atoms with Gasteiger partial charge in [0.25, 0.3) is 5.56 Å². The van der Waals surface area contributed by atoms with Crippen molar-refractivity contribution in [2.75, 3.05) is 39.3 Å². The van der Waals surface area contributed by atoms with Crippen molar-refractivity contribution >= 4 is 11.2 Å². The van der Waals surface area contributed by atoms with Crippen molar-refractivity contribution in [1.82, 2.24) is 34.5 Å². The number of nitrogens with one attached hydrogen (secondary N) is 1. The highest BCUT2D eigenvalue weighted by atomic mass is 16.5. The molecule has 1 aliphatic carbocycles. The molecule has 0 aromatic carbocycles. The molecule has 10 nitrogen and oxygen atoms in total. The minimum atomic E-state index is -0.470. The summed E-state index contributed by atoms with van der Waals surface area (Å²) < 4.78 is 8.28. The van der Waals surface area contributed by atoms with Crippen molar-refractivity contribution in [2.24, 2.45) is 7.05 Å². The van der Waals surface area contributed by atoms with Gasteiger partial charge in [0.2, 0.25) is 0 Å². The van der Waals surface area contributed by atoms with Gasteiger partial charge in [0.15, 0.2) is 11.2 Å². The quantitative estimate of drug-likeness (QED) is 0.531. The van der Waals surface area contributed by atoms with Gasteiger partial charge in [0.05, 0.1) is 6.61 Å². The lowest BCUT2D eigenvalue weighted by atomic mass is 10.2. The van der Waals surface area contributed by atoms with Crippen molar-refractivity contribution in [1.29, 1.82) is 0 Å². The second-order valence-corrected chi connectivity index (χ2v) is 7.70. The Balaban J connectivity index is 1.62. The third-order valence-electron chi connectivity index (χ3n) is 5.80. The zero-order valence-electron chi connectivity index (χ0n) is 18.3. The molecule has 166 valence electrons. The molecule has 3 rings (SSSR count). The van der Waals surface area contributed by atoms with E-state index in [1.54, 1.807) is 4.57 Å². The van der Waals surface area contributed by atoms with Gasteiger partial charge in [0.1, 0.15) is 0 Å². The Labute approximate surface area is 176 Å². The van der Waals surface area contributed by atoms with Gasteiger partial charge in [-0.15, -0.1) is 5.10 Å². The Kier molecular flexibility index (Phi) is 7.92. The van der Waals surface area contributed by atoms with Crippen molar-refractivity contribution in [2.45, 2.75) is 52.0 Å². The van der Waals surface area contributed by atoms with Crippen molar-refractivity contribution < 1.29 is 4.74 Å². The van der Waals surface area contributed by atoms with Crippen molar-refractivity contribution in [3.05, 3.63) is 20.8 Å². The summed E-state index contributed by atoms with van der Waals surface area (Å²) in [7, 11) is 1.47. The molecular weight excluding hydrogens is 386 g/mol. The van der Waals surface area contributed by atoms with E-state index >= 15 is 0 Å². The first-order valence-corrected chi connectivity index (χ1v) is 11.0. The molecule has 2 aromatic heterocycles. The topological polar surface area (TPSA) is 107 Å². The molecule has 0 spiro atoms. The van der Waals surface area contributed by atoms with Crippen LogP contribution in [0, 0.1) is 0 Å². The van der Waals surface area contributed by atoms with Crippen LogP contribution < -0.4 is 21.3 Å². The standard InChI is InChI=1S/C20H33N7O3/c1-4-26(5-2)13-12-21-11-8-14-30-19-22-16-17(23-24-19)27(15-9-6-7-10-15)20(29)25(3)18(16)28/h15,21H,4-14H2,1-3H3. The summed E-state index contributed by atoms with van der Waals surface area (Å²) in [5, 5.41) is 11.6. The molecule has 2 aromatic rings. The van der Waals surface area contributed by atoms with Crippen LogP contribution in [-0.4, -0.2) is 68.5 Å². The average Bonchev–Trinajstić information content (AvgIpc) is 3.29. The lowest BCUT2D eigenvalue weighted by Gasteiger charge is -2.18. The van der Waals surface area contributed by atoms with Crippen molar-refractivity contribution in [3.8, 4) is 6.01 Å². The van der Waals surface area contributed by atoms with E-state index in [-0.39, 0.29) is 28.9 Å². The van der Waals surface area contributed by atoms with Gasteiger partial charge in [-0.05, 0) is 38.9 Å². The maximum absolute atomic E-state index is 12.6. The van der Waals surface area contributed by atoms with Crippen LogP contribution in [0.15, 0.2) is 9.59 Å². The first-order valence-electron chi connectivity index (χ1n) is 11.0. The van der Waals surface area contributed by atoms with Crippen LogP contribution >= 0.6 is 0 Å². The summed E-state index contributed by atoms with van der Waals surface area (Å²) >= 11 is 0. The van der Waals surface area contributed by atoms with E-state index in [1.807, 2.05) is 0 Å². The number of ether oxygens (including phenoxy) is 1. The number of hydrogen-bond acceptors (Lipinski definition) is 8. The third-order valence-corrected chi connectivity index (χ3v) is 5.80. The Morgan fingerprint density at radius 3 is 2.57 bits per heavy atom. The Hall–Kier alpha value is -2.33. The molecule has 0 atom stereocenters. The molecule has 0 saturated heterocycles. The smallest absolute Gasteiger partial charge is 0.336 e. The Bertz CT molecular complexity index is 946. The van der Waals surface area contributed by atoms with Crippen LogP contribution in [0.4, 0.5) is 0 Å². The molecule has 2 heterocycles. The second-order valence-electron chi connectivity index (χ2n) is 7.70. The molecule has 0 bridgehead atoms. The summed E-state index contributed by atoms with van der Waals surface area (Å²) in [5.41, 5.74) is -0.450. The summed E-state index contributed by atoms with van der Waals surface area (Å²) in [6.45, 7) is 9.65. The number of aromatic nitrogens is 5. The normalized spacial score (nSPS) is 14.8. The van der Waals surface area contributed by atoms with Crippen LogP contribution in [-0.2, 0) is 7.05 Å². The number of fused-ring (bicyclic) bond motifs is 1. The fourth-order valence-corrected chi connectivity index (χ4v) is 3.92. The predicted molar refractivity (Wildman–Crippen MR) is 115 cm³/mol. The molecule has 0 amide bonds. The Morgan fingerprint density at radius 1 is 1.13 bits per heavy atom. The van der Waals surface area contributed by atoms with E-state index in [9.17, 15) is 9.59 Å². The monoisotopic (exact) mass is 419 g/mol. The number of nitrogens with zero attached hydrogens (tertiary/aromatic N) is 6. The van der Waals surface area contributed by atoms with Crippen LogP contribution in [0.25, 0.3) is 11.2 Å². The van der Waals surface area contributed by atoms with E-state index in [2.05, 4.69) is 39.2 Å². The van der Waals surface area contributed by atoms with Crippen LogP contribution in [0.5, 0.6) is 6.01 Å². The summed E-state index contributed by atoms with van der Waals surface area (Å²) in [4.78, 5) is 31.9.